The van der Waals surface area contributed by atoms with Crippen LogP contribution in [-0.2, 0) is 9.63 Å². The summed E-state index contributed by atoms with van der Waals surface area (Å²) in [4.78, 5) is 36.3. The van der Waals surface area contributed by atoms with Crippen molar-refractivity contribution in [2.24, 2.45) is 5.16 Å². The number of nitrogens with zero attached hydrogens (tertiary/aromatic N) is 3. The molecular weight excluding hydrogens is 377 g/mol. The third-order valence-electron chi connectivity index (χ3n) is 4.94. The highest BCUT2D eigenvalue weighted by Gasteiger charge is 2.45. The van der Waals surface area contributed by atoms with Gasteiger partial charge in [-0.1, -0.05) is 5.16 Å². The molecule has 1 atom stereocenters. The molecule has 2 aromatic rings. The van der Waals surface area contributed by atoms with Crippen LogP contribution in [-0.4, -0.2) is 46.2 Å². The summed E-state index contributed by atoms with van der Waals surface area (Å²) >= 11 is 0. The molecule has 3 heterocycles. The monoisotopic (exact) mass is 397 g/mol. The highest BCUT2D eigenvalue weighted by atomic mass is 19.1. The first-order valence-corrected chi connectivity index (χ1v) is 9.31. The van der Waals surface area contributed by atoms with Crippen LogP contribution >= 0.6 is 0 Å². The number of aromatic nitrogens is 1. The number of carbonyl (C=O) groups excluding carboxylic acids is 2. The van der Waals surface area contributed by atoms with E-state index >= 15 is 0 Å². The Labute approximate surface area is 166 Å². The molecular formula is C20H20FN5O3. The summed E-state index contributed by atoms with van der Waals surface area (Å²) in [7, 11) is 0. The number of carbonyl (C=O) groups is 2. The van der Waals surface area contributed by atoms with Crippen LogP contribution in [0.4, 0.5) is 20.6 Å². The Morgan fingerprint density at radius 2 is 1.97 bits per heavy atom. The fourth-order valence-corrected chi connectivity index (χ4v) is 3.51. The van der Waals surface area contributed by atoms with Gasteiger partial charge in [0, 0.05) is 24.8 Å². The van der Waals surface area contributed by atoms with Gasteiger partial charge in [-0.25, -0.2) is 9.18 Å². The Bertz CT molecular complexity index is 935. The molecule has 1 fully saturated rings. The van der Waals surface area contributed by atoms with E-state index in [0.29, 0.717) is 37.3 Å². The van der Waals surface area contributed by atoms with Crippen molar-refractivity contribution in [1.29, 1.82) is 0 Å². The zero-order chi connectivity index (χ0) is 20.3. The summed E-state index contributed by atoms with van der Waals surface area (Å²) in [5.41, 5.74) is 0.663. The lowest BCUT2D eigenvalue weighted by Crippen LogP contribution is -2.52. The van der Waals surface area contributed by atoms with Crippen molar-refractivity contribution in [2.75, 3.05) is 23.7 Å². The van der Waals surface area contributed by atoms with Crippen LogP contribution < -0.4 is 10.6 Å². The number of urea groups is 1. The van der Waals surface area contributed by atoms with E-state index in [4.69, 9.17) is 4.84 Å². The van der Waals surface area contributed by atoms with Crippen LogP contribution in [0.2, 0.25) is 0 Å². The molecule has 0 aliphatic carbocycles. The van der Waals surface area contributed by atoms with E-state index in [1.54, 1.807) is 29.4 Å². The number of rotatable bonds is 3. The Morgan fingerprint density at radius 3 is 2.72 bits per heavy atom. The summed E-state index contributed by atoms with van der Waals surface area (Å²) in [6.45, 7) is 0.878. The maximum absolute atomic E-state index is 13.0. The van der Waals surface area contributed by atoms with Crippen LogP contribution in [0, 0.1) is 5.82 Å². The molecule has 0 bridgehead atoms. The van der Waals surface area contributed by atoms with E-state index in [0.717, 1.165) is 6.42 Å². The average Bonchev–Trinajstić information content (AvgIpc) is 3.14. The highest BCUT2D eigenvalue weighted by Crippen LogP contribution is 2.34. The molecule has 3 amide bonds. The van der Waals surface area contributed by atoms with Crippen LogP contribution in [0.1, 0.15) is 19.3 Å². The molecule has 1 aromatic heterocycles. The van der Waals surface area contributed by atoms with Crippen molar-refractivity contribution in [3.8, 4) is 0 Å². The SMILES string of the molecule is O=C(Nc1cccnc1)C1=NO[C@@]2(CCCN(C(=O)Nc3ccc(F)cc3)C2)C1. The fourth-order valence-electron chi connectivity index (χ4n) is 3.51. The third-order valence-corrected chi connectivity index (χ3v) is 4.94. The van der Waals surface area contributed by atoms with Gasteiger partial charge < -0.3 is 20.4 Å². The summed E-state index contributed by atoms with van der Waals surface area (Å²) in [6, 6.07) is 8.74. The molecule has 1 aromatic carbocycles. The molecule has 0 saturated carbocycles. The number of piperidine rings is 1. The molecule has 1 saturated heterocycles. The van der Waals surface area contributed by atoms with Crippen molar-refractivity contribution < 1.29 is 18.8 Å². The number of amides is 3. The topological polar surface area (TPSA) is 95.9 Å². The molecule has 1 spiro atoms. The van der Waals surface area contributed by atoms with E-state index in [1.807, 2.05) is 0 Å². The van der Waals surface area contributed by atoms with Gasteiger partial charge in [-0.3, -0.25) is 9.78 Å². The quantitative estimate of drug-likeness (QED) is 0.832. The summed E-state index contributed by atoms with van der Waals surface area (Å²) < 4.78 is 13.0. The number of nitrogens with one attached hydrogen (secondary N) is 2. The second-order valence-corrected chi connectivity index (χ2v) is 7.15. The van der Waals surface area contributed by atoms with Crippen LogP contribution in [0.25, 0.3) is 0 Å². The van der Waals surface area contributed by atoms with E-state index in [9.17, 15) is 14.0 Å². The van der Waals surface area contributed by atoms with Gasteiger partial charge in [0.1, 0.15) is 11.5 Å². The maximum atomic E-state index is 13.0. The van der Waals surface area contributed by atoms with Gasteiger partial charge in [0.2, 0.25) is 0 Å². The van der Waals surface area contributed by atoms with Gasteiger partial charge >= 0.3 is 6.03 Å². The largest absolute Gasteiger partial charge is 0.386 e. The van der Waals surface area contributed by atoms with Crippen molar-refractivity contribution >= 4 is 29.0 Å². The molecule has 8 nitrogen and oxygen atoms in total. The van der Waals surface area contributed by atoms with Gasteiger partial charge in [0.15, 0.2) is 5.60 Å². The minimum Gasteiger partial charge on any atom is -0.386 e. The normalized spacial score (nSPS) is 20.7. The lowest BCUT2D eigenvalue weighted by molar-refractivity contribution is -0.110. The van der Waals surface area contributed by atoms with Gasteiger partial charge in [0.05, 0.1) is 18.4 Å². The molecule has 2 aliphatic heterocycles. The van der Waals surface area contributed by atoms with Gasteiger partial charge in [-0.2, -0.15) is 0 Å². The molecule has 4 rings (SSSR count). The first-order valence-electron chi connectivity index (χ1n) is 9.31. The molecule has 29 heavy (non-hydrogen) atoms. The number of pyridine rings is 1. The first-order chi connectivity index (χ1) is 14.0. The predicted octanol–water partition coefficient (Wildman–Crippen LogP) is 3.00. The number of oxime groups is 1. The van der Waals surface area contributed by atoms with E-state index in [-0.39, 0.29) is 23.5 Å². The van der Waals surface area contributed by atoms with Crippen molar-refractivity contribution in [3.63, 3.8) is 0 Å². The summed E-state index contributed by atoms with van der Waals surface area (Å²) in [6.07, 6.45) is 4.91. The summed E-state index contributed by atoms with van der Waals surface area (Å²) in [5.74, 6) is -0.712. The molecule has 9 heteroatoms. The second kappa shape index (κ2) is 7.86. The lowest BCUT2D eigenvalue weighted by atomic mass is 9.88. The Morgan fingerprint density at radius 1 is 1.14 bits per heavy atom. The second-order valence-electron chi connectivity index (χ2n) is 7.15. The Balaban J connectivity index is 1.36. The smallest absolute Gasteiger partial charge is 0.321 e. The number of hydrogen-bond donors (Lipinski definition) is 2. The molecule has 150 valence electrons. The van der Waals surface area contributed by atoms with Crippen molar-refractivity contribution in [2.45, 2.75) is 24.9 Å². The van der Waals surface area contributed by atoms with E-state index in [1.165, 1.54) is 24.3 Å². The number of hydrogen-bond acceptors (Lipinski definition) is 5. The minimum absolute atomic E-state index is 0.287. The lowest BCUT2D eigenvalue weighted by Gasteiger charge is -2.38. The maximum Gasteiger partial charge on any atom is 0.321 e. The Hall–Kier alpha value is -3.49. The van der Waals surface area contributed by atoms with E-state index in [2.05, 4.69) is 20.8 Å². The fraction of sp³-hybridized carbons (Fsp3) is 0.300. The molecule has 0 radical (unpaired) electrons. The number of benzene rings is 1. The Kier molecular flexibility index (Phi) is 5.11. The number of anilines is 2. The highest BCUT2D eigenvalue weighted by molar-refractivity contribution is 6.43. The predicted molar refractivity (Wildman–Crippen MR) is 105 cm³/mol. The average molecular weight is 397 g/mol. The molecule has 0 unspecified atom stereocenters. The van der Waals surface area contributed by atoms with Crippen LogP contribution in [0.3, 0.4) is 0 Å². The van der Waals surface area contributed by atoms with Crippen LogP contribution in [0.15, 0.2) is 53.9 Å². The third kappa shape index (κ3) is 4.34. The first kappa shape index (κ1) is 18.9. The van der Waals surface area contributed by atoms with E-state index < -0.39 is 5.60 Å². The van der Waals surface area contributed by atoms with Crippen molar-refractivity contribution in [1.82, 2.24) is 9.88 Å². The van der Waals surface area contributed by atoms with Gasteiger partial charge in [0.25, 0.3) is 5.91 Å². The standard InChI is InChI=1S/C20H20FN5O3/c21-14-4-6-15(7-5-14)24-19(28)26-10-2-8-20(13-26)11-17(25-29-20)18(27)23-16-3-1-9-22-12-16/h1,3-7,9,12H,2,8,10-11,13H2,(H,23,27)(H,24,28)/t20-/m0/s1. The van der Waals surface area contributed by atoms with Crippen LogP contribution in [0.5, 0.6) is 0 Å². The minimum atomic E-state index is -0.708. The molecule has 2 aliphatic rings. The summed E-state index contributed by atoms with van der Waals surface area (Å²) in [5, 5.41) is 9.47. The zero-order valence-corrected chi connectivity index (χ0v) is 15.6. The molecule has 2 N–H and O–H groups in total. The zero-order valence-electron chi connectivity index (χ0n) is 15.6. The van der Waals surface area contributed by atoms with Gasteiger partial charge in [-0.15, -0.1) is 0 Å². The number of likely N-dealkylation sites (tertiary alicyclic amines) is 1. The number of halogens is 1. The van der Waals surface area contributed by atoms with Gasteiger partial charge in [-0.05, 0) is 49.2 Å². The van der Waals surface area contributed by atoms with Crippen molar-refractivity contribution in [3.05, 3.63) is 54.6 Å².